The fraction of sp³-hybridized carbons (Fsp3) is 0.900. The number of rotatable bonds is 1. The molecule has 0 radical (unpaired) electrons. The minimum atomic E-state index is -0.686. The standard InChI is InChI=1S/C10H16N2O3/c1-15-9(14)10-4-11-2-7(8(10)13)3-12(5-10)6-11/h7-8,13H,2-6H2,1H3. The van der Waals surface area contributed by atoms with Crippen LogP contribution in [0.3, 0.4) is 0 Å². The molecule has 0 aliphatic carbocycles. The van der Waals surface area contributed by atoms with Gasteiger partial charge in [-0.05, 0) is 0 Å². The van der Waals surface area contributed by atoms with Crippen LogP contribution in [0.15, 0.2) is 0 Å². The van der Waals surface area contributed by atoms with Crippen molar-refractivity contribution in [1.29, 1.82) is 0 Å². The van der Waals surface area contributed by atoms with E-state index in [1.807, 2.05) is 0 Å². The van der Waals surface area contributed by atoms with Crippen LogP contribution in [0, 0.1) is 11.3 Å². The lowest BCUT2D eigenvalue weighted by Gasteiger charge is -2.60. The van der Waals surface area contributed by atoms with Crippen molar-refractivity contribution in [2.24, 2.45) is 11.3 Å². The van der Waals surface area contributed by atoms with Gasteiger partial charge in [-0.25, -0.2) is 0 Å². The first-order chi connectivity index (χ1) is 7.15. The van der Waals surface area contributed by atoms with Crippen LogP contribution in [-0.4, -0.2) is 66.9 Å². The SMILES string of the molecule is COC(=O)C12CN3CC(CN(C3)C1)C2O. The predicted octanol–water partition coefficient (Wildman–Crippen LogP) is -1.27. The Balaban J connectivity index is 1.97. The highest BCUT2D eigenvalue weighted by Gasteiger charge is 2.60. The average molecular weight is 212 g/mol. The van der Waals surface area contributed by atoms with E-state index in [9.17, 15) is 9.90 Å². The first-order valence-corrected chi connectivity index (χ1v) is 5.37. The van der Waals surface area contributed by atoms with E-state index in [1.165, 1.54) is 7.11 Å². The van der Waals surface area contributed by atoms with Crippen molar-refractivity contribution in [1.82, 2.24) is 9.80 Å². The third kappa shape index (κ3) is 1.11. The van der Waals surface area contributed by atoms with Crippen LogP contribution in [-0.2, 0) is 9.53 Å². The monoisotopic (exact) mass is 212 g/mol. The van der Waals surface area contributed by atoms with E-state index in [-0.39, 0.29) is 11.9 Å². The van der Waals surface area contributed by atoms with Crippen LogP contribution >= 0.6 is 0 Å². The molecule has 0 saturated carbocycles. The van der Waals surface area contributed by atoms with E-state index in [4.69, 9.17) is 4.74 Å². The highest BCUT2D eigenvalue weighted by Crippen LogP contribution is 2.43. The summed E-state index contributed by atoms with van der Waals surface area (Å²) in [5.74, 6) is -0.0468. The zero-order chi connectivity index (χ0) is 10.6. The molecule has 4 rings (SSSR count). The first kappa shape index (κ1) is 9.57. The molecule has 0 aromatic carbocycles. The zero-order valence-corrected chi connectivity index (χ0v) is 8.85. The quantitative estimate of drug-likeness (QED) is 0.549. The van der Waals surface area contributed by atoms with Crippen LogP contribution in [0.25, 0.3) is 0 Å². The number of hydrogen-bond donors (Lipinski definition) is 1. The van der Waals surface area contributed by atoms with Crippen molar-refractivity contribution in [2.75, 3.05) is 40.0 Å². The van der Waals surface area contributed by atoms with Gasteiger partial charge in [0.15, 0.2) is 0 Å². The topological polar surface area (TPSA) is 53.0 Å². The number of piperidine rings is 2. The summed E-state index contributed by atoms with van der Waals surface area (Å²) in [6.45, 7) is 4.05. The number of carbonyl (C=O) groups excluding carboxylic acids is 1. The molecule has 5 heteroatoms. The molecule has 4 aliphatic heterocycles. The summed E-state index contributed by atoms with van der Waals surface area (Å²) in [6.07, 6.45) is -0.530. The van der Waals surface area contributed by atoms with Crippen LogP contribution in [0.4, 0.5) is 0 Å². The third-order valence-corrected chi connectivity index (χ3v) is 4.00. The molecule has 3 unspecified atom stereocenters. The summed E-state index contributed by atoms with van der Waals surface area (Å²) in [5.41, 5.74) is -0.686. The molecule has 15 heavy (non-hydrogen) atoms. The normalized spacial score (nSPS) is 51.9. The Morgan fingerprint density at radius 2 is 2.00 bits per heavy atom. The average Bonchev–Trinajstić information content (AvgIpc) is 2.23. The third-order valence-electron chi connectivity index (χ3n) is 4.00. The van der Waals surface area contributed by atoms with Crippen molar-refractivity contribution in [2.45, 2.75) is 6.10 Å². The number of aliphatic hydroxyl groups is 1. The number of carbonyl (C=O) groups is 1. The number of hydrogen-bond acceptors (Lipinski definition) is 5. The van der Waals surface area contributed by atoms with Crippen LogP contribution in [0.5, 0.6) is 0 Å². The molecule has 4 saturated heterocycles. The summed E-state index contributed by atoms with van der Waals surface area (Å²) < 4.78 is 4.85. The van der Waals surface area contributed by atoms with Gasteiger partial charge >= 0.3 is 5.97 Å². The minimum Gasteiger partial charge on any atom is -0.468 e. The Bertz CT molecular complexity index is 293. The largest absolute Gasteiger partial charge is 0.468 e. The summed E-state index contributed by atoms with van der Waals surface area (Å²) in [6, 6.07) is 0. The Morgan fingerprint density at radius 3 is 2.53 bits per heavy atom. The lowest BCUT2D eigenvalue weighted by molar-refractivity contribution is -0.212. The number of ether oxygens (including phenoxy) is 1. The van der Waals surface area contributed by atoms with E-state index in [2.05, 4.69) is 9.80 Å². The highest BCUT2D eigenvalue weighted by atomic mass is 16.5. The number of esters is 1. The smallest absolute Gasteiger partial charge is 0.317 e. The van der Waals surface area contributed by atoms with Gasteiger partial charge in [-0.15, -0.1) is 0 Å². The predicted molar refractivity (Wildman–Crippen MR) is 52.0 cm³/mol. The van der Waals surface area contributed by atoms with Crippen LogP contribution in [0.1, 0.15) is 0 Å². The molecular formula is C10H16N2O3. The van der Waals surface area contributed by atoms with Crippen molar-refractivity contribution in [3.8, 4) is 0 Å². The van der Waals surface area contributed by atoms with Gasteiger partial charge in [-0.3, -0.25) is 14.6 Å². The molecule has 3 atom stereocenters. The summed E-state index contributed by atoms with van der Waals surface area (Å²) in [5, 5.41) is 10.2. The first-order valence-electron chi connectivity index (χ1n) is 5.37. The lowest BCUT2D eigenvalue weighted by atomic mass is 9.68. The molecule has 0 amide bonds. The van der Waals surface area contributed by atoms with Gasteiger partial charge in [0.2, 0.25) is 0 Å². The molecule has 4 bridgehead atoms. The number of aliphatic hydroxyl groups excluding tert-OH is 1. The van der Waals surface area contributed by atoms with Gasteiger partial charge in [0.25, 0.3) is 0 Å². The van der Waals surface area contributed by atoms with Gasteiger partial charge in [-0.1, -0.05) is 0 Å². The number of nitrogens with zero attached hydrogens (tertiary/aromatic N) is 2. The van der Waals surface area contributed by atoms with E-state index < -0.39 is 11.5 Å². The molecule has 1 N–H and O–H groups in total. The fourth-order valence-electron chi connectivity index (χ4n) is 3.49. The molecule has 0 spiro atoms. The Morgan fingerprint density at radius 1 is 1.40 bits per heavy atom. The molecular weight excluding hydrogens is 196 g/mol. The van der Waals surface area contributed by atoms with Crippen LogP contribution in [0.2, 0.25) is 0 Å². The van der Waals surface area contributed by atoms with Crippen molar-refractivity contribution in [3.63, 3.8) is 0 Å². The molecule has 4 aliphatic rings. The number of methoxy groups -OCH3 is 1. The molecule has 5 nitrogen and oxygen atoms in total. The van der Waals surface area contributed by atoms with Crippen LogP contribution < -0.4 is 0 Å². The lowest BCUT2D eigenvalue weighted by Crippen LogP contribution is -2.75. The molecule has 0 aromatic heterocycles. The van der Waals surface area contributed by atoms with E-state index in [0.717, 1.165) is 19.8 Å². The van der Waals surface area contributed by atoms with Crippen molar-refractivity contribution in [3.05, 3.63) is 0 Å². The minimum absolute atomic E-state index is 0.209. The van der Waals surface area contributed by atoms with Gasteiger partial charge < -0.3 is 9.84 Å². The van der Waals surface area contributed by atoms with Crippen molar-refractivity contribution >= 4 is 5.97 Å². The van der Waals surface area contributed by atoms with E-state index in [1.54, 1.807) is 0 Å². The molecule has 84 valence electrons. The maximum absolute atomic E-state index is 11.8. The van der Waals surface area contributed by atoms with E-state index >= 15 is 0 Å². The Kier molecular flexibility index (Phi) is 1.87. The Labute approximate surface area is 88.6 Å². The second-order valence-electron chi connectivity index (χ2n) is 5.02. The summed E-state index contributed by atoms with van der Waals surface area (Å²) >= 11 is 0. The highest BCUT2D eigenvalue weighted by molar-refractivity contribution is 5.79. The van der Waals surface area contributed by atoms with Crippen molar-refractivity contribution < 1.29 is 14.6 Å². The van der Waals surface area contributed by atoms with Gasteiger partial charge in [-0.2, -0.15) is 0 Å². The molecule has 4 fully saturated rings. The maximum atomic E-state index is 11.8. The van der Waals surface area contributed by atoms with Gasteiger partial charge in [0.05, 0.1) is 19.9 Å². The second kappa shape index (κ2) is 2.93. The Hall–Kier alpha value is -0.650. The summed E-state index contributed by atoms with van der Waals surface area (Å²) in [4.78, 5) is 16.3. The second-order valence-corrected chi connectivity index (χ2v) is 5.02. The van der Waals surface area contributed by atoms with E-state index in [0.29, 0.717) is 13.1 Å². The maximum Gasteiger partial charge on any atom is 0.317 e. The molecule has 4 heterocycles. The summed E-state index contributed by atoms with van der Waals surface area (Å²) in [7, 11) is 1.40. The fourth-order valence-corrected chi connectivity index (χ4v) is 3.49. The molecule has 0 aromatic rings. The zero-order valence-electron chi connectivity index (χ0n) is 8.85. The van der Waals surface area contributed by atoms with Gasteiger partial charge in [0, 0.05) is 32.1 Å². The van der Waals surface area contributed by atoms with Gasteiger partial charge in [0.1, 0.15) is 5.41 Å².